The van der Waals surface area contributed by atoms with Crippen molar-refractivity contribution in [1.29, 1.82) is 0 Å². The molecule has 2 nitrogen and oxygen atoms in total. The minimum atomic E-state index is 0.683. The number of aryl methyl sites for hydroxylation is 1. The summed E-state index contributed by atoms with van der Waals surface area (Å²) in [7, 11) is 0. The Balaban J connectivity index is 1.78. The topological polar surface area (TPSA) is 24.1 Å². The predicted molar refractivity (Wildman–Crippen MR) is 57.2 cm³/mol. The van der Waals surface area contributed by atoms with Crippen molar-refractivity contribution < 1.29 is 0 Å². The van der Waals surface area contributed by atoms with E-state index in [-0.39, 0.29) is 0 Å². The van der Waals surface area contributed by atoms with Crippen molar-refractivity contribution in [2.45, 2.75) is 25.9 Å². The summed E-state index contributed by atoms with van der Waals surface area (Å²) in [6.07, 6.45) is 1.27. The van der Waals surface area contributed by atoms with Crippen LogP contribution in [0.25, 0.3) is 0 Å². The van der Waals surface area contributed by atoms with E-state index in [0.717, 1.165) is 13.1 Å². The van der Waals surface area contributed by atoms with Gasteiger partial charge in [-0.2, -0.15) is 0 Å². The van der Waals surface area contributed by atoms with Crippen LogP contribution in [-0.2, 0) is 6.54 Å². The fraction of sp³-hybridized carbons (Fsp3) is 0.600. The first kappa shape index (κ1) is 9.19. The molecule has 0 aromatic carbocycles. The van der Waals surface area contributed by atoms with Gasteiger partial charge in [-0.1, -0.05) is 0 Å². The molecule has 3 heteroatoms. The maximum atomic E-state index is 3.56. The van der Waals surface area contributed by atoms with Gasteiger partial charge in [0.15, 0.2) is 0 Å². The molecule has 13 heavy (non-hydrogen) atoms. The SMILES string of the molecule is Cc1ccc(CNC2CCNC2)s1. The van der Waals surface area contributed by atoms with E-state index in [9.17, 15) is 0 Å². The minimum absolute atomic E-state index is 0.683. The lowest BCUT2D eigenvalue weighted by Gasteiger charge is -2.09. The lowest BCUT2D eigenvalue weighted by atomic mass is 10.2. The smallest absolute Gasteiger partial charge is 0.0302 e. The zero-order valence-corrected chi connectivity index (χ0v) is 8.79. The molecule has 1 aliphatic rings. The molecule has 2 heterocycles. The fourth-order valence-corrected chi connectivity index (χ4v) is 2.50. The van der Waals surface area contributed by atoms with Crippen LogP contribution in [0.15, 0.2) is 12.1 Å². The Bertz CT molecular complexity index is 264. The summed E-state index contributed by atoms with van der Waals surface area (Å²) >= 11 is 1.89. The monoisotopic (exact) mass is 196 g/mol. The molecule has 0 radical (unpaired) electrons. The van der Waals surface area contributed by atoms with Gasteiger partial charge in [0.05, 0.1) is 0 Å². The van der Waals surface area contributed by atoms with Gasteiger partial charge in [-0.3, -0.25) is 0 Å². The Morgan fingerprint density at radius 1 is 1.62 bits per heavy atom. The molecular weight excluding hydrogens is 180 g/mol. The Hall–Kier alpha value is -0.380. The fourth-order valence-electron chi connectivity index (χ4n) is 1.65. The van der Waals surface area contributed by atoms with Crippen molar-refractivity contribution in [2.75, 3.05) is 13.1 Å². The lowest BCUT2D eigenvalue weighted by molar-refractivity contribution is 0.551. The summed E-state index contributed by atoms with van der Waals surface area (Å²) in [4.78, 5) is 2.85. The summed E-state index contributed by atoms with van der Waals surface area (Å²) in [6.45, 7) is 5.49. The summed E-state index contributed by atoms with van der Waals surface area (Å²) in [5.41, 5.74) is 0. The van der Waals surface area contributed by atoms with Gasteiger partial charge < -0.3 is 10.6 Å². The first-order valence-corrected chi connectivity index (χ1v) is 5.65. The average Bonchev–Trinajstić information content (AvgIpc) is 2.71. The normalized spacial score (nSPS) is 22.4. The van der Waals surface area contributed by atoms with Crippen molar-refractivity contribution in [3.8, 4) is 0 Å². The van der Waals surface area contributed by atoms with Crippen LogP contribution in [0.4, 0.5) is 0 Å². The highest BCUT2D eigenvalue weighted by atomic mass is 32.1. The van der Waals surface area contributed by atoms with Gasteiger partial charge in [0.1, 0.15) is 0 Å². The van der Waals surface area contributed by atoms with Crippen LogP contribution in [0.5, 0.6) is 0 Å². The molecule has 1 aliphatic heterocycles. The molecule has 1 fully saturated rings. The molecule has 1 aromatic heterocycles. The lowest BCUT2D eigenvalue weighted by Crippen LogP contribution is -2.30. The van der Waals surface area contributed by atoms with Gasteiger partial charge >= 0.3 is 0 Å². The number of thiophene rings is 1. The van der Waals surface area contributed by atoms with Crippen molar-refractivity contribution >= 4 is 11.3 Å². The molecule has 2 rings (SSSR count). The molecular formula is C10H16N2S. The Kier molecular flexibility index (Phi) is 2.98. The van der Waals surface area contributed by atoms with Crippen LogP contribution in [0.1, 0.15) is 16.2 Å². The van der Waals surface area contributed by atoms with Crippen molar-refractivity contribution in [3.05, 3.63) is 21.9 Å². The van der Waals surface area contributed by atoms with Crippen LogP contribution < -0.4 is 10.6 Å². The standard InChI is InChI=1S/C10H16N2S/c1-8-2-3-10(13-8)7-12-9-4-5-11-6-9/h2-3,9,11-12H,4-7H2,1H3. The number of hydrogen-bond donors (Lipinski definition) is 2. The third-order valence-electron chi connectivity index (χ3n) is 2.42. The second-order valence-corrected chi connectivity index (χ2v) is 4.96. The van der Waals surface area contributed by atoms with Crippen LogP contribution in [0.2, 0.25) is 0 Å². The Morgan fingerprint density at radius 3 is 3.15 bits per heavy atom. The molecule has 0 aliphatic carbocycles. The van der Waals surface area contributed by atoms with Crippen LogP contribution >= 0.6 is 11.3 Å². The van der Waals surface area contributed by atoms with Gasteiger partial charge in [-0.25, -0.2) is 0 Å². The molecule has 1 unspecified atom stereocenters. The third kappa shape index (κ3) is 2.53. The minimum Gasteiger partial charge on any atom is -0.315 e. The summed E-state index contributed by atoms with van der Waals surface area (Å²) in [5.74, 6) is 0. The van der Waals surface area contributed by atoms with E-state index in [2.05, 4.69) is 29.7 Å². The van der Waals surface area contributed by atoms with Gasteiger partial charge in [0.2, 0.25) is 0 Å². The van der Waals surface area contributed by atoms with Gasteiger partial charge in [0.25, 0.3) is 0 Å². The quantitative estimate of drug-likeness (QED) is 0.765. The number of hydrogen-bond acceptors (Lipinski definition) is 3. The van der Waals surface area contributed by atoms with Gasteiger partial charge in [-0.05, 0) is 32.0 Å². The van der Waals surface area contributed by atoms with E-state index in [1.807, 2.05) is 11.3 Å². The van der Waals surface area contributed by atoms with E-state index < -0.39 is 0 Å². The summed E-state index contributed by atoms with van der Waals surface area (Å²) in [5, 5.41) is 6.91. The first-order chi connectivity index (χ1) is 6.34. The maximum Gasteiger partial charge on any atom is 0.0302 e. The van der Waals surface area contributed by atoms with Crippen molar-refractivity contribution in [1.82, 2.24) is 10.6 Å². The second kappa shape index (κ2) is 4.22. The molecule has 0 bridgehead atoms. The molecule has 72 valence electrons. The predicted octanol–water partition coefficient (Wildman–Crippen LogP) is 1.51. The summed E-state index contributed by atoms with van der Waals surface area (Å²) < 4.78 is 0. The second-order valence-electron chi connectivity index (χ2n) is 3.58. The van der Waals surface area contributed by atoms with E-state index in [1.54, 1.807) is 0 Å². The van der Waals surface area contributed by atoms with Crippen molar-refractivity contribution in [2.24, 2.45) is 0 Å². The highest BCUT2D eigenvalue weighted by molar-refractivity contribution is 7.11. The number of nitrogens with one attached hydrogen (secondary N) is 2. The zero-order chi connectivity index (χ0) is 9.10. The average molecular weight is 196 g/mol. The zero-order valence-electron chi connectivity index (χ0n) is 7.97. The van der Waals surface area contributed by atoms with Crippen LogP contribution in [-0.4, -0.2) is 19.1 Å². The Morgan fingerprint density at radius 2 is 2.54 bits per heavy atom. The molecule has 0 amide bonds. The van der Waals surface area contributed by atoms with E-state index in [0.29, 0.717) is 6.04 Å². The molecule has 0 saturated carbocycles. The Labute approximate surface area is 83.4 Å². The molecule has 1 saturated heterocycles. The molecule has 2 N–H and O–H groups in total. The van der Waals surface area contributed by atoms with Crippen LogP contribution in [0, 0.1) is 6.92 Å². The highest BCUT2D eigenvalue weighted by Gasteiger charge is 2.13. The third-order valence-corrected chi connectivity index (χ3v) is 3.42. The molecule has 1 atom stereocenters. The highest BCUT2D eigenvalue weighted by Crippen LogP contribution is 2.14. The summed E-state index contributed by atoms with van der Waals surface area (Å²) in [6, 6.07) is 5.09. The van der Waals surface area contributed by atoms with Crippen molar-refractivity contribution in [3.63, 3.8) is 0 Å². The molecule has 1 aromatic rings. The van der Waals surface area contributed by atoms with Crippen LogP contribution in [0.3, 0.4) is 0 Å². The van der Waals surface area contributed by atoms with Gasteiger partial charge in [0, 0.05) is 28.9 Å². The largest absolute Gasteiger partial charge is 0.315 e. The van der Waals surface area contributed by atoms with E-state index >= 15 is 0 Å². The van der Waals surface area contributed by atoms with E-state index in [1.165, 1.54) is 22.7 Å². The van der Waals surface area contributed by atoms with Gasteiger partial charge in [-0.15, -0.1) is 11.3 Å². The van der Waals surface area contributed by atoms with E-state index in [4.69, 9.17) is 0 Å². The maximum absolute atomic E-state index is 3.56. The number of rotatable bonds is 3. The first-order valence-electron chi connectivity index (χ1n) is 4.84. The molecule has 0 spiro atoms.